The van der Waals surface area contributed by atoms with Crippen LogP contribution in [0.2, 0.25) is 0 Å². The van der Waals surface area contributed by atoms with Crippen LogP contribution in [0.1, 0.15) is 47.2 Å². The number of fused-ring (bicyclic) bond motifs is 20. The highest BCUT2D eigenvalue weighted by Crippen LogP contribution is 2.64. The third-order valence-corrected chi connectivity index (χ3v) is 16.2. The molecule has 12 aromatic carbocycles. The van der Waals surface area contributed by atoms with E-state index in [0.717, 1.165) is 17.1 Å². The lowest BCUT2D eigenvalue weighted by Gasteiger charge is -2.34. The second kappa shape index (κ2) is 14.0. The van der Waals surface area contributed by atoms with Gasteiger partial charge >= 0.3 is 0 Å². The molecule has 1 heteroatoms. The molecule has 0 aliphatic heterocycles. The van der Waals surface area contributed by atoms with Crippen molar-refractivity contribution in [3.05, 3.63) is 270 Å². The summed E-state index contributed by atoms with van der Waals surface area (Å²) in [6, 6.07) is 89.8. The number of anilines is 3. The van der Waals surface area contributed by atoms with Crippen molar-refractivity contribution in [1.29, 1.82) is 0 Å². The second-order valence-corrected chi connectivity index (χ2v) is 19.9. The SMILES string of the molecule is CC1(C)c2ccccc2-c2cc(N(c3ccc4c5ccccc5c5ccccc5c4c3)c3cc4c(cc3-c3ccc5ccccc5c3)-c3ccccc3C43c4ccccc4-c4ccccc43)ccc21. The Balaban J connectivity index is 1.09. The van der Waals surface area contributed by atoms with Gasteiger partial charge in [0.2, 0.25) is 0 Å². The Morgan fingerprint density at radius 3 is 1.36 bits per heavy atom. The molecule has 12 aromatic rings. The molecule has 0 heterocycles. The van der Waals surface area contributed by atoms with Crippen molar-refractivity contribution >= 4 is 60.2 Å². The third-order valence-electron chi connectivity index (χ3n) is 16.2. The summed E-state index contributed by atoms with van der Waals surface area (Å²) in [5.41, 5.74) is 21.0. The monoisotopic (exact) mass is 875 g/mol. The van der Waals surface area contributed by atoms with Gasteiger partial charge in [0, 0.05) is 22.4 Å². The quantitative estimate of drug-likeness (QED) is 0.159. The summed E-state index contributed by atoms with van der Waals surface area (Å²) in [5, 5.41) is 10.0. The van der Waals surface area contributed by atoms with Gasteiger partial charge in [0.1, 0.15) is 0 Å². The molecule has 0 fully saturated rings. The van der Waals surface area contributed by atoms with Crippen molar-refractivity contribution in [2.24, 2.45) is 0 Å². The normalized spacial score (nSPS) is 14.2. The lowest BCUT2D eigenvalue weighted by molar-refractivity contribution is 0.660. The molecule has 0 radical (unpaired) electrons. The molecular formula is C68H45N. The highest BCUT2D eigenvalue weighted by Gasteiger charge is 2.52. The molecule has 3 aliphatic rings. The molecule has 0 saturated heterocycles. The van der Waals surface area contributed by atoms with Gasteiger partial charge in [-0.3, -0.25) is 0 Å². The summed E-state index contributed by atoms with van der Waals surface area (Å²) in [6.07, 6.45) is 0. The average Bonchev–Trinajstić information content (AvgIpc) is 3.96. The molecule has 3 aliphatic carbocycles. The maximum Gasteiger partial charge on any atom is 0.0726 e. The minimum absolute atomic E-state index is 0.122. The molecule has 0 atom stereocenters. The first-order valence-corrected chi connectivity index (χ1v) is 24.3. The zero-order chi connectivity index (χ0) is 45.6. The Hall–Kier alpha value is -8.52. The molecular weight excluding hydrogens is 831 g/mol. The Kier molecular flexibility index (Phi) is 7.83. The molecule has 69 heavy (non-hydrogen) atoms. The first-order chi connectivity index (χ1) is 34.0. The molecule has 0 aromatic heterocycles. The van der Waals surface area contributed by atoms with E-state index >= 15 is 0 Å². The van der Waals surface area contributed by atoms with E-state index in [1.54, 1.807) is 0 Å². The highest BCUT2D eigenvalue weighted by molar-refractivity contribution is 6.26. The average molecular weight is 876 g/mol. The van der Waals surface area contributed by atoms with Crippen LogP contribution in [0.5, 0.6) is 0 Å². The molecule has 1 spiro atoms. The van der Waals surface area contributed by atoms with Crippen LogP contribution >= 0.6 is 0 Å². The smallest absolute Gasteiger partial charge is 0.0726 e. The molecule has 0 saturated carbocycles. The van der Waals surface area contributed by atoms with Crippen molar-refractivity contribution in [2.75, 3.05) is 4.90 Å². The lowest BCUT2D eigenvalue weighted by Crippen LogP contribution is -2.26. The summed E-state index contributed by atoms with van der Waals surface area (Å²) in [6.45, 7) is 4.75. The fraction of sp³-hybridized carbons (Fsp3) is 0.0588. The number of benzene rings is 12. The zero-order valence-corrected chi connectivity index (χ0v) is 38.5. The fourth-order valence-corrected chi connectivity index (χ4v) is 13.2. The molecule has 0 unspecified atom stereocenters. The summed E-state index contributed by atoms with van der Waals surface area (Å²) >= 11 is 0. The van der Waals surface area contributed by atoms with Crippen LogP contribution < -0.4 is 4.90 Å². The molecule has 0 amide bonds. The maximum absolute atomic E-state index is 2.59. The number of rotatable bonds is 4. The van der Waals surface area contributed by atoms with Crippen LogP contribution in [0.25, 0.3) is 87.6 Å². The number of nitrogens with zero attached hydrogens (tertiary/aromatic N) is 1. The van der Waals surface area contributed by atoms with Crippen LogP contribution in [0.15, 0.2) is 237 Å². The van der Waals surface area contributed by atoms with E-state index in [4.69, 9.17) is 0 Å². The van der Waals surface area contributed by atoms with Crippen molar-refractivity contribution in [3.63, 3.8) is 0 Å². The Labute approximate surface area is 402 Å². The summed E-state index contributed by atoms with van der Waals surface area (Å²) in [5.74, 6) is 0. The Bertz CT molecular complexity index is 4110. The summed E-state index contributed by atoms with van der Waals surface area (Å²) in [4.78, 5) is 2.59. The van der Waals surface area contributed by atoms with Crippen molar-refractivity contribution in [1.82, 2.24) is 0 Å². The first-order valence-electron chi connectivity index (χ1n) is 24.3. The largest absolute Gasteiger partial charge is 0.310 e. The Morgan fingerprint density at radius 2 is 0.725 bits per heavy atom. The Morgan fingerprint density at radius 1 is 0.275 bits per heavy atom. The van der Waals surface area contributed by atoms with Crippen molar-refractivity contribution in [3.8, 4) is 44.5 Å². The van der Waals surface area contributed by atoms with Gasteiger partial charge in [-0.15, -0.1) is 0 Å². The standard InChI is InChI=1S/C68H45N/c1-67(2)60-27-13-9-25-54(60)58-39-46(34-36-61(58)67)69(45-33-35-51-49-21-6-5-19-47(49)48-20-7-8-22-50(48)57(51)38-45)66-41-65-59(40-56(66)44-32-31-42-17-3-4-18-43(42)37-44)55-26-12-16-30-64(55)68(65)62-28-14-10-23-52(62)53-24-11-15-29-63(53)68/h3-41H,1-2H3. The van der Waals surface area contributed by atoms with Crippen molar-refractivity contribution < 1.29 is 0 Å². The fourth-order valence-electron chi connectivity index (χ4n) is 13.2. The summed E-state index contributed by atoms with van der Waals surface area (Å²) in [7, 11) is 0. The zero-order valence-electron chi connectivity index (χ0n) is 38.5. The first kappa shape index (κ1) is 38.6. The molecule has 322 valence electrons. The van der Waals surface area contributed by atoms with Gasteiger partial charge in [0.15, 0.2) is 0 Å². The molecule has 15 rings (SSSR count). The van der Waals surface area contributed by atoms with Gasteiger partial charge in [0.25, 0.3) is 0 Å². The van der Waals surface area contributed by atoms with E-state index < -0.39 is 5.41 Å². The lowest BCUT2D eigenvalue weighted by atomic mass is 9.70. The van der Waals surface area contributed by atoms with Gasteiger partial charge < -0.3 is 4.90 Å². The van der Waals surface area contributed by atoms with Gasteiger partial charge in [-0.2, -0.15) is 0 Å². The maximum atomic E-state index is 2.59. The van der Waals surface area contributed by atoms with E-state index in [1.807, 2.05) is 0 Å². The van der Waals surface area contributed by atoms with E-state index in [-0.39, 0.29) is 5.41 Å². The van der Waals surface area contributed by atoms with Gasteiger partial charge in [-0.1, -0.05) is 208 Å². The van der Waals surface area contributed by atoms with Crippen LogP contribution in [0.4, 0.5) is 17.1 Å². The minimum atomic E-state index is -0.513. The third kappa shape index (κ3) is 5.14. The van der Waals surface area contributed by atoms with Gasteiger partial charge in [0.05, 0.1) is 11.1 Å². The van der Waals surface area contributed by atoms with Crippen LogP contribution in [-0.4, -0.2) is 0 Å². The van der Waals surface area contributed by atoms with Crippen LogP contribution in [-0.2, 0) is 10.8 Å². The molecule has 1 nitrogen and oxygen atoms in total. The highest BCUT2D eigenvalue weighted by atomic mass is 15.1. The van der Waals surface area contributed by atoms with E-state index in [1.165, 1.54) is 121 Å². The number of hydrogen-bond acceptors (Lipinski definition) is 1. The van der Waals surface area contributed by atoms with Crippen molar-refractivity contribution in [2.45, 2.75) is 24.7 Å². The molecule has 0 bridgehead atoms. The topological polar surface area (TPSA) is 3.24 Å². The van der Waals surface area contributed by atoms with E-state index in [0.29, 0.717) is 0 Å². The molecule has 0 N–H and O–H groups in total. The minimum Gasteiger partial charge on any atom is -0.310 e. The summed E-state index contributed by atoms with van der Waals surface area (Å²) < 4.78 is 0. The number of hydrogen-bond donors (Lipinski definition) is 0. The second-order valence-electron chi connectivity index (χ2n) is 19.9. The van der Waals surface area contributed by atoms with E-state index in [9.17, 15) is 0 Å². The van der Waals surface area contributed by atoms with E-state index in [2.05, 4.69) is 255 Å². The van der Waals surface area contributed by atoms with Crippen LogP contribution in [0, 0.1) is 0 Å². The predicted octanol–water partition coefficient (Wildman–Crippen LogP) is 18.1. The van der Waals surface area contributed by atoms with Gasteiger partial charge in [-0.05, 0) is 158 Å². The predicted molar refractivity (Wildman–Crippen MR) is 290 cm³/mol. The van der Waals surface area contributed by atoms with Crippen LogP contribution in [0.3, 0.4) is 0 Å². The van der Waals surface area contributed by atoms with Gasteiger partial charge in [-0.25, -0.2) is 0 Å².